The lowest BCUT2D eigenvalue weighted by atomic mass is 9.85. The molecule has 13 heteroatoms. The first-order valence-electron chi connectivity index (χ1n) is 11.3. The zero-order valence-corrected chi connectivity index (χ0v) is 20.8. The van der Waals surface area contributed by atoms with Crippen LogP contribution < -0.4 is 16.4 Å². The number of imidazole rings is 1. The van der Waals surface area contributed by atoms with Crippen molar-refractivity contribution in [1.82, 2.24) is 19.5 Å². The van der Waals surface area contributed by atoms with Crippen molar-refractivity contribution in [3.05, 3.63) is 33.4 Å². The fourth-order valence-electron chi connectivity index (χ4n) is 4.63. The van der Waals surface area contributed by atoms with Gasteiger partial charge in [0.1, 0.15) is 5.52 Å². The number of aliphatic hydroxyl groups is 1. The summed E-state index contributed by atoms with van der Waals surface area (Å²) >= 11 is 18.9. The Bertz CT molecular complexity index is 1240. The Morgan fingerprint density at radius 2 is 1.83 bits per heavy atom. The molecule has 1 aliphatic carbocycles. The van der Waals surface area contributed by atoms with Gasteiger partial charge in [-0.25, -0.2) is 9.97 Å². The maximum absolute atomic E-state index is 11.7. The topological polar surface area (TPSA) is 140 Å². The molecule has 2 atom stereocenters. The van der Waals surface area contributed by atoms with Crippen molar-refractivity contribution >= 4 is 69.5 Å². The van der Waals surface area contributed by atoms with Crippen LogP contribution in [0.15, 0.2) is 18.3 Å². The number of amides is 1. The molecule has 5 N–H and O–H groups in total. The van der Waals surface area contributed by atoms with Gasteiger partial charge in [0.25, 0.3) is 0 Å². The average molecular weight is 541 g/mol. The first-order valence-corrected chi connectivity index (χ1v) is 12.4. The van der Waals surface area contributed by atoms with Crippen LogP contribution in [0.3, 0.4) is 0 Å². The minimum atomic E-state index is -0.644. The van der Waals surface area contributed by atoms with Gasteiger partial charge in [0, 0.05) is 17.0 Å². The van der Waals surface area contributed by atoms with Crippen molar-refractivity contribution in [2.45, 2.75) is 43.9 Å². The van der Waals surface area contributed by atoms with E-state index in [0.717, 1.165) is 12.8 Å². The highest BCUT2D eigenvalue weighted by Crippen LogP contribution is 2.40. The Labute approximate surface area is 216 Å². The molecule has 2 aliphatic rings. The molecule has 1 saturated heterocycles. The molecule has 3 heterocycles. The molecule has 1 aliphatic heterocycles. The summed E-state index contributed by atoms with van der Waals surface area (Å²) in [7, 11) is 0. The number of nitrogens with one attached hydrogen (secondary N) is 2. The number of hydrogen-bond acceptors (Lipinski definition) is 8. The van der Waals surface area contributed by atoms with Crippen molar-refractivity contribution in [3.63, 3.8) is 0 Å². The molecule has 0 spiro atoms. The van der Waals surface area contributed by atoms with Gasteiger partial charge < -0.3 is 26.2 Å². The van der Waals surface area contributed by atoms with E-state index in [1.54, 1.807) is 18.3 Å². The monoisotopic (exact) mass is 539 g/mol. The Kier molecular flexibility index (Phi) is 6.91. The number of hydrogen-bond donors (Lipinski definition) is 4. The molecule has 1 aromatic carbocycles. The molecular formula is C22H24Cl3N7O3. The molecule has 35 heavy (non-hydrogen) atoms. The van der Waals surface area contributed by atoms with Gasteiger partial charge in [-0.15, -0.1) is 0 Å². The van der Waals surface area contributed by atoms with Crippen molar-refractivity contribution < 1.29 is 14.6 Å². The molecule has 5 rings (SSSR count). The quantitative estimate of drug-likeness (QED) is 0.369. The van der Waals surface area contributed by atoms with Crippen LogP contribution in [0, 0.1) is 5.92 Å². The number of aromatic nitrogens is 4. The molecule has 10 nitrogen and oxygen atoms in total. The van der Waals surface area contributed by atoms with Gasteiger partial charge in [-0.2, -0.15) is 4.98 Å². The number of nitrogens with two attached hydrogens (primary N) is 1. The van der Waals surface area contributed by atoms with Gasteiger partial charge >= 0.3 is 0 Å². The number of rotatable bonds is 6. The molecule has 186 valence electrons. The summed E-state index contributed by atoms with van der Waals surface area (Å²) in [6.45, 7) is 0.622. The Hall–Kier alpha value is -2.37. The third-order valence-electron chi connectivity index (χ3n) is 6.51. The summed E-state index contributed by atoms with van der Waals surface area (Å²) in [6, 6.07) is 2.89. The molecule has 2 fully saturated rings. The molecule has 3 aromatic rings. The van der Waals surface area contributed by atoms with Crippen LogP contribution in [0.25, 0.3) is 11.2 Å². The zero-order valence-electron chi connectivity index (χ0n) is 18.5. The number of aliphatic hydroxyl groups excluding tert-OH is 1. The van der Waals surface area contributed by atoms with Crippen LogP contribution in [0.4, 0.5) is 17.6 Å². The molecule has 0 radical (unpaired) electrons. The van der Waals surface area contributed by atoms with Crippen LogP contribution >= 0.6 is 34.8 Å². The Balaban J connectivity index is 1.54. The molecule has 1 amide bonds. The maximum Gasteiger partial charge on any atom is 0.225 e. The highest BCUT2D eigenvalue weighted by atomic mass is 35.5. The minimum absolute atomic E-state index is 0.00565. The van der Waals surface area contributed by atoms with Gasteiger partial charge in [0.15, 0.2) is 5.65 Å². The van der Waals surface area contributed by atoms with Crippen LogP contribution in [-0.4, -0.2) is 55.9 Å². The van der Waals surface area contributed by atoms with E-state index < -0.39 is 6.10 Å². The van der Waals surface area contributed by atoms with Crippen LogP contribution in [0.5, 0.6) is 0 Å². The fraction of sp³-hybridized carbons (Fsp3) is 0.455. The van der Waals surface area contributed by atoms with Crippen molar-refractivity contribution in [3.8, 4) is 0 Å². The van der Waals surface area contributed by atoms with Crippen LogP contribution in [0.1, 0.15) is 31.7 Å². The number of benzene rings is 1. The highest BCUT2D eigenvalue weighted by molar-refractivity contribution is 6.41. The van der Waals surface area contributed by atoms with E-state index in [1.165, 1.54) is 0 Å². The largest absolute Gasteiger partial charge is 0.388 e. The van der Waals surface area contributed by atoms with Crippen molar-refractivity contribution in [2.75, 3.05) is 23.8 Å². The number of halogens is 3. The van der Waals surface area contributed by atoms with E-state index in [9.17, 15) is 9.90 Å². The number of fused-ring (bicyclic) bond motifs is 1. The van der Waals surface area contributed by atoms with Crippen LogP contribution in [0.2, 0.25) is 15.1 Å². The lowest BCUT2D eigenvalue weighted by molar-refractivity contribution is -0.122. The second-order valence-electron chi connectivity index (χ2n) is 8.84. The number of carbonyl (C=O) groups excluding carboxylic acids is 1. The summed E-state index contributed by atoms with van der Waals surface area (Å²) in [5, 5.41) is 17.6. The standard InChI is InChI=1S/C22H24Cl3N7O3/c23-11-5-13(24)18(14(25)6-11)30-22-29-15-7-27-21(28-16-8-35-9-17(16)33)31-20(15)32(22)12-3-1-10(2-4-12)19(26)34/h5-7,10,12,16-17,33H,1-4,8-9H2,(H2,26,34)(H,29,30)(H,27,28,31)/t10?,12?,16?,17-/m1/s1. The SMILES string of the molecule is NC(=O)C1CCC(n2c(Nc3c(Cl)cc(Cl)cc3Cl)nc3cnc(NC4COC[C@H]4O)nc32)CC1. The van der Waals surface area contributed by atoms with Gasteiger partial charge in [-0.3, -0.25) is 9.36 Å². The maximum atomic E-state index is 11.7. The Morgan fingerprint density at radius 1 is 1.11 bits per heavy atom. The normalized spacial score (nSPS) is 24.6. The van der Waals surface area contributed by atoms with Gasteiger partial charge in [0.2, 0.25) is 17.8 Å². The third-order valence-corrected chi connectivity index (χ3v) is 7.32. The van der Waals surface area contributed by atoms with Crippen molar-refractivity contribution in [1.29, 1.82) is 0 Å². The third kappa shape index (κ3) is 4.99. The summed E-state index contributed by atoms with van der Waals surface area (Å²) in [6.07, 6.45) is 3.76. The molecule has 0 bridgehead atoms. The van der Waals surface area contributed by atoms with E-state index in [2.05, 4.69) is 15.6 Å². The first kappa shape index (κ1) is 24.3. The lowest BCUT2D eigenvalue weighted by Crippen LogP contribution is -2.32. The Morgan fingerprint density at radius 3 is 2.46 bits per heavy atom. The van der Waals surface area contributed by atoms with Crippen LogP contribution in [-0.2, 0) is 9.53 Å². The van der Waals surface area contributed by atoms with Crippen molar-refractivity contribution in [2.24, 2.45) is 11.7 Å². The minimum Gasteiger partial charge on any atom is -0.388 e. The van der Waals surface area contributed by atoms with E-state index in [1.807, 2.05) is 4.57 Å². The average Bonchev–Trinajstić information content (AvgIpc) is 3.38. The summed E-state index contributed by atoms with van der Waals surface area (Å²) in [4.78, 5) is 25.5. The number of ether oxygens (including phenoxy) is 1. The number of anilines is 3. The predicted octanol–water partition coefficient (Wildman–Crippen LogP) is 3.92. The van der Waals surface area contributed by atoms with Gasteiger partial charge in [-0.1, -0.05) is 34.8 Å². The molecular weight excluding hydrogens is 517 g/mol. The molecule has 1 saturated carbocycles. The zero-order chi connectivity index (χ0) is 24.7. The van der Waals surface area contributed by atoms with E-state index in [4.69, 9.17) is 55.2 Å². The number of nitrogens with zero attached hydrogens (tertiary/aromatic N) is 4. The molecule has 2 aromatic heterocycles. The smallest absolute Gasteiger partial charge is 0.225 e. The predicted molar refractivity (Wildman–Crippen MR) is 135 cm³/mol. The number of carbonyl (C=O) groups is 1. The molecule has 1 unspecified atom stereocenters. The summed E-state index contributed by atoms with van der Waals surface area (Å²) in [5.74, 6) is 0.425. The second kappa shape index (κ2) is 9.94. The fourth-order valence-corrected chi connectivity index (χ4v) is 5.54. The van der Waals surface area contributed by atoms with E-state index in [0.29, 0.717) is 63.3 Å². The first-order chi connectivity index (χ1) is 16.8. The lowest BCUT2D eigenvalue weighted by Gasteiger charge is -2.29. The van der Waals surface area contributed by atoms with Gasteiger partial charge in [-0.05, 0) is 37.8 Å². The highest BCUT2D eigenvalue weighted by Gasteiger charge is 2.30. The van der Waals surface area contributed by atoms with E-state index in [-0.39, 0.29) is 30.5 Å². The summed E-state index contributed by atoms with van der Waals surface area (Å²) in [5.41, 5.74) is 7.18. The van der Waals surface area contributed by atoms with Gasteiger partial charge in [0.05, 0.1) is 47.3 Å². The summed E-state index contributed by atoms with van der Waals surface area (Å²) < 4.78 is 7.30. The second-order valence-corrected chi connectivity index (χ2v) is 10.1. The number of primary amides is 1. The van der Waals surface area contributed by atoms with E-state index >= 15 is 0 Å².